The number of aromatic nitrogens is 6. The minimum Gasteiger partial charge on any atom is -0.232 e. The third-order valence-electron chi connectivity index (χ3n) is 4.09. The second kappa shape index (κ2) is 6.53. The Labute approximate surface area is 168 Å². The van der Waals surface area contributed by atoms with Gasteiger partial charge in [0.05, 0.1) is 0 Å². The van der Waals surface area contributed by atoms with E-state index in [-0.39, 0.29) is 67.3 Å². The van der Waals surface area contributed by atoms with Crippen LogP contribution in [0.15, 0.2) is 0 Å². The average Bonchev–Trinajstić information content (AvgIpc) is 2.81. The van der Waals surface area contributed by atoms with Gasteiger partial charge in [-0.2, -0.15) is 15.8 Å². The van der Waals surface area contributed by atoms with Gasteiger partial charge in [0.25, 0.3) is 0 Å². The van der Waals surface area contributed by atoms with Crippen molar-refractivity contribution in [1.82, 2.24) is 29.9 Å². The first-order chi connectivity index (χ1) is 14.6. The number of hydrogen-bond acceptors (Lipinski definition) is 9. The summed E-state index contributed by atoms with van der Waals surface area (Å²) in [5.74, 6) is 6.98. The number of rotatable bonds is 0. The van der Waals surface area contributed by atoms with Crippen LogP contribution >= 0.6 is 0 Å². The molecule has 0 aliphatic heterocycles. The smallest absolute Gasteiger partial charge is 0.177 e. The Bertz CT molecular complexity index is 1350. The number of hydrogen-bond donors (Lipinski definition) is 0. The predicted octanol–water partition coefficient (Wildman–Crippen LogP) is 1.08. The Morgan fingerprint density at radius 3 is 0.833 bits per heavy atom. The molecule has 9 heteroatoms. The van der Waals surface area contributed by atoms with E-state index in [4.69, 9.17) is 19.3 Å². The van der Waals surface area contributed by atoms with E-state index >= 15 is 0 Å². The first kappa shape index (κ1) is 17.8. The molecule has 0 unspecified atom stereocenters. The highest BCUT2D eigenvalue weighted by Gasteiger charge is 2.22. The lowest BCUT2D eigenvalue weighted by Crippen LogP contribution is -2.05. The highest BCUT2D eigenvalue weighted by atomic mass is 14.9. The third-order valence-corrected chi connectivity index (χ3v) is 4.09. The molecule has 132 valence electrons. The molecule has 30 heavy (non-hydrogen) atoms. The second-order valence-electron chi connectivity index (χ2n) is 5.62. The monoisotopic (exact) mass is 381 g/mol. The van der Waals surface area contributed by atoms with Crippen LogP contribution in [0.1, 0.15) is 34.2 Å². The number of nitriles is 3. The van der Waals surface area contributed by atoms with E-state index in [9.17, 15) is 15.8 Å². The van der Waals surface area contributed by atoms with Crippen molar-refractivity contribution in [3.63, 3.8) is 0 Å². The molecule has 0 bridgehead atoms. The molecule has 0 N–H and O–H groups in total. The van der Waals surface area contributed by atoms with Crippen molar-refractivity contribution < 1.29 is 0 Å². The molecule has 4 rings (SSSR count). The lowest BCUT2D eigenvalue weighted by molar-refractivity contribution is 1.16. The highest BCUT2D eigenvalue weighted by molar-refractivity contribution is 6.18. The van der Waals surface area contributed by atoms with Gasteiger partial charge in [-0.25, -0.2) is 29.9 Å². The van der Waals surface area contributed by atoms with Crippen LogP contribution in [0.2, 0.25) is 0 Å². The van der Waals surface area contributed by atoms with Crippen molar-refractivity contribution in [2.24, 2.45) is 0 Å². The molecule has 4 aromatic rings. The maximum atomic E-state index is 9.38. The van der Waals surface area contributed by atoms with Crippen molar-refractivity contribution in [2.45, 2.75) is 0 Å². The fourth-order valence-electron chi connectivity index (χ4n) is 2.83. The van der Waals surface area contributed by atoms with E-state index in [2.05, 4.69) is 47.7 Å². The normalized spacial score (nSPS) is 9.80. The third kappa shape index (κ3) is 2.32. The van der Waals surface area contributed by atoms with Gasteiger partial charge in [0.2, 0.25) is 0 Å². The number of terminal acetylenes is 3. The van der Waals surface area contributed by atoms with E-state index in [0.29, 0.717) is 0 Å². The van der Waals surface area contributed by atoms with E-state index in [0.717, 1.165) is 0 Å². The number of benzene rings is 1. The zero-order valence-corrected chi connectivity index (χ0v) is 14.8. The zero-order chi connectivity index (χ0) is 21.4. The number of fused-ring (bicyclic) bond motifs is 6. The summed E-state index contributed by atoms with van der Waals surface area (Å²) in [6, 6.07) is 5.50. The molecule has 9 nitrogen and oxygen atoms in total. The SMILES string of the molecule is C#Cc1nc2c(nc1C#C)c1nc(C#N)c(C#N)nc1c1nc(C#C)c(C#N)nc21. The van der Waals surface area contributed by atoms with Gasteiger partial charge < -0.3 is 0 Å². The molecular formula is C21H3N9. The fourth-order valence-corrected chi connectivity index (χ4v) is 2.83. The van der Waals surface area contributed by atoms with Crippen LogP contribution in [0.25, 0.3) is 33.1 Å². The average molecular weight is 381 g/mol. The molecule has 0 saturated heterocycles. The molecular weight excluding hydrogens is 378 g/mol. The van der Waals surface area contributed by atoms with Gasteiger partial charge in [-0.1, -0.05) is 0 Å². The van der Waals surface area contributed by atoms with Crippen LogP contribution in [-0.2, 0) is 0 Å². The summed E-state index contributed by atoms with van der Waals surface area (Å²) in [6.45, 7) is 0. The second-order valence-corrected chi connectivity index (χ2v) is 5.62. The van der Waals surface area contributed by atoms with Gasteiger partial charge in [0.1, 0.15) is 68.4 Å². The lowest BCUT2D eigenvalue weighted by atomic mass is 10.1. The molecule has 0 aliphatic carbocycles. The van der Waals surface area contributed by atoms with Gasteiger partial charge in [0.15, 0.2) is 17.1 Å². The van der Waals surface area contributed by atoms with Crippen molar-refractivity contribution in [3.8, 4) is 55.2 Å². The van der Waals surface area contributed by atoms with Crippen molar-refractivity contribution in [1.29, 1.82) is 15.8 Å². The molecule has 0 radical (unpaired) electrons. The zero-order valence-electron chi connectivity index (χ0n) is 14.8. The van der Waals surface area contributed by atoms with Gasteiger partial charge in [0, 0.05) is 0 Å². The molecule has 0 spiro atoms. The molecule has 3 heterocycles. The topological polar surface area (TPSA) is 149 Å². The first-order valence-corrected chi connectivity index (χ1v) is 7.97. The van der Waals surface area contributed by atoms with Gasteiger partial charge in [-0.05, 0) is 17.8 Å². The Balaban J connectivity index is 2.42. The Hall–Kier alpha value is -5.61. The van der Waals surface area contributed by atoms with E-state index in [1.165, 1.54) is 0 Å². The fraction of sp³-hybridized carbons (Fsp3) is 0. The molecule has 0 atom stereocenters. The maximum Gasteiger partial charge on any atom is 0.177 e. The van der Waals surface area contributed by atoms with Crippen molar-refractivity contribution >= 4 is 33.1 Å². The summed E-state index contributed by atoms with van der Waals surface area (Å²) in [5.41, 5.74) is 0.349. The van der Waals surface area contributed by atoms with Crippen LogP contribution < -0.4 is 0 Å². The Morgan fingerprint density at radius 1 is 0.400 bits per heavy atom. The van der Waals surface area contributed by atoms with Gasteiger partial charge >= 0.3 is 0 Å². The minimum absolute atomic E-state index is 0.0271. The molecule has 1 aromatic carbocycles. The standard InChI is InChI=1S/C21H3N9/c1-4-10-11(5-2)26-17-16(25-10)19-18(27-12(6-3)13(7-22)28-19)21-20(17)29-14(8-23)15(9-24)30-21/h1-3H. The molecule has 0 saturated carbocycles. The van der Waals surface area contributed by atoms with Crippen LogP contribution in [0, 0.1) is 71.0 Å². The van der Waals surface area contributed by atoms with Gasteiger partial charge in [-0.3, -0.25) is 0 Å². The van der Waals surface area contributed by atoms with Crippen LogP contribution in [0.4, 0.5) is 0 Å². The highest BCUT2D eigenvalue weighted by Crippen LogP contribution is 2.30. The summed E-state index contributed by atoms with van der Waals surface area (Å²) in [7, 11) is 0. The first-order valence-electron chi connectivity index (χ1n) is 7.97. The lowest BCUT2D eigenvalue weighted by Gasteiger charge is -2.09. The molecule has 3 aromatic heterocycles. The summed E-state index contributed by atoms with van der Waals surface area (Å²) < 4.78 is 0. The van der Waals surface area contributed by atoms with E-state index < -0.39 is 0 Å². The van der Waals surface area contributed by atoms with Crippen LogP contribution in [0.5, 0.6) is 0 Å². The predicted molar refractivity (Wildman–Crippen MR) is 104 cm³/mol. The summed E-state index contributed by atoms with van der Waals surface area (Å²) >= 11 is 0. The van der Waals surface area contributed by atoms with Crippen LogP contribution in [0.3, 0.4) is 0 Å². The largest absolute Gasteiger partial charge is 0.232 e. The number of nitrogens with zero attached hydrogens (tertiary/aromatic N) is 9. The Morgan fingerprint density at radius 2 is 0.600 bits per heavy atom. The molecule has 0 fully saturated rings. The minimum atomic E-state index is -0.218. The summed E-state index contributed by atoms with van der Waals surface area (Å²) in [5, 5.41) is 28.1. The molecule has 0 amide bonds. The van der Waals surface area contributed by atoms with E-state index in [1.807, 2.05) is 18.2 Å². The molecule has 0 aliphatic rings. The maximum absolute atomic E-state index is 9.38. The quantitative estimate of drug-likeness (QED) is 0.322. The van der Waals surface area contributed by atoms with Crippen molar-refractivity contribution in [3.05, 3.63) is 34.2 Å². The van der Waals surface area contributed by atoms with Crippen LogP contribution in [-0.4, -0.2) is 29.9 Å². The summed E-state index contributed by atoms with van der Waals surface area (Å²) in [6.07, 6.45) is 16.4. The van der Waals surface area contributed by atoms with E-state index in [1.54, 1.807) is 0 Å². The summed E-state index contributed by atoms with van der Waals surface area (Å²) in [4.78, 5) is 25.7. The van der Waals surface area contributed by atoms with Gasteiger partial charge in [-0.15, -0.1) is 19.3 Å². The Kier molecular flexibility index (Phi) is 3.87. The van der Waals surface area contributed by atoms with Crippen molar-refractivity contribution in [2.75, 3.05) is 0 Å².